The lowest BCUT2D eigenvalue weighted by atomic mass is 10.0. The number of thioether (sulfide) groups is 1. The molecule has 2 N–H and O–H groups in total. The van der Waals surface area contributed by atoms with Crippen molar-refractivity contribution in [3.05, 3.63) is 95.6 Å². The average molecular weight is 349 g/mol. The van der Waals surface area contributed by atoms with Gasteiger partial charge in [0.05, 0.1) is 17.9 Å². The zero-order chi connectivity index (χ0) is 17.6. The molecule has 0 aliphatic rings. The standard InChI is InChI=1S/C21H19NO2S/c1-24-21(23)16-12-13-19(22)18(14-16)20(15-8-4-2-5-9-15)25-17-10-6-3-7-11-17/h2-14,20H,22H2,1H3. The van der Waals surface area contributed by atoms with Crippen molar-refractivity contribution in [2.45, 2.75) is 10.1 Å². The highest BCUT2D eigenvalue weighted by Crippen LogP contribution is 2.42. The molecule has 3 nitrogen and oxygen atoms in total. The molecule has 0 fully saturated rings. The van der Waals surface area contributed by atoms with Gasteiger partial charge in [0.2, 0.25) is 0 Å². The Kier molecular flexibility index (Phi) is 5.41. The molecule has 126 valence electrons. The quantitative estimate of drug-likeness (QED) is 0.403. The van der Waals surface area contributed by atoms with Gasteiger partial charge in [0.25, 0.3) is 0 Å². The Bertz CT molecular complexity index is 850. The van der Waals surface area contributed by atoms with Crippen LogP contribution in [0.15, 0.2) is 83.8 Å². The first-order valence-corrected chi connectivity index (χ1v) is 8.81. The minimum Gasteiger partial charge on any atom is -0.465 e. The Balaban J connectivity index is 2.07. The van der Waals surface area contributed by atoms with Crippen LogP contribution < -0.4 is 5.73 Å². The molecule has 3 aromatic rings. The third kappa shape index (κ3) is 4.03. The average Bonchev–Trinajstić information content (AvgIpc) is 2.67. The van der Waals surface area contributed by atoms with Crippen LogP contribution in [-0.4, -0.2) is 13.1 Å². The van der Waals surface area contributed by atoms with E-state index in [1.807, 2.05) is 42.5 Å². The van der Waals surface area contributed by atoms with Gasteiger partial charge in [0.1, 0.15) is 0 Å². The zero-order valence-electron chi connectivity index (χ0n) is 13.9. The van der Waals surface area contributed by atoms with E-state index >= 15 is 0 Å². The molecular formula is C21H19NO2S. The highest BCUT2D eigenvalue weighted by atomic mass is 32.2. The fourth-order valence-electron chi connectivity index (χ4n) is 2.62. The molecule has 4 heteroatoms. The van der Waals surface area contributed by atoms with Gasteiger partial charge in [-0.25, -0.2) is 4.79 Å². The molecule has 0 amide bonds. The summed E-state index contributed by atoms with van der Waals surface area (Å²) in [4.78, 5) is 13.1. The Morgan fingerprint density at radius 2 is 1.60 bits per heavy atom. The highest BCUT2D eigenvalue weighted by Gasteiger charge is 2.20. The van der Waals surface area contributed by atoms with Crippen LogP contribution in [0.5, 0.6) is 0 Å². The third-order valence-corrected chi connectivity index (χ3v) is 5.20. The number of nitrogen functional groups attached to an aromatic ring is 1. The Hall–Kier alpha value is -2.72. The second kappa shape index (κ2) is 7.90. The highest BCUT2D eigenvalue weighted by molar-refractivity contribution is 7.99. The molecule has 3 rings (SSSR count). The van der Waals surface area contributed by atoms with Crippen molar-refractivity contribution in [3.8, 4) is 0 Å². The van der Waals surface area contributed by atoms with E-state index in [0.29, 0.717) is 11.3 Å². The number of methoxy groups -OCH3 is 1. The molecule has 0 saturated heterocycles. The Morgan fingerprint density at radius 1 is 0.960 bits per heavy atom. The van der Waals surface area contributed by atoms with Crippen molar-refractivity contribution < 1.29 is 9.53 Å². The number of esters is 1. The van der Waals surface area contributed by atoms with Crippen molar-refractivity contribution >= 4 is 23.4 Å². The van der Waals surface area contributed by atoms with Gasteiger partial charge in [-0.3, -0.25) is 0 Å². The summed E-state index contributed by atoms with van der Waals surface area (Å²) in [6.07, 6.45) is 0. The molecule has 0 aliphatic carbocycles. The smallest absolute Gasteiger partial charge is 0.337 e. The minimum atomic E-state index is -0.363. The summed E-state index contributed by atoms with van der Waals surface area (Å²) in [7, 11) is 1.38. The van der Waals surface area contributed by atoms with E-state index in [1.165, 1.54) is 7.11 Å². The summed E-state index contributed by atoms with van der Waals surface area (Å²) in [6.45, 7) is 0. The van der Waals surface area contributed by atoms with Crippen LogP contribution in [0.25, 0.3) is 0 Å². The number of carbonyl (C=O) groups excluding carboxylic acids is 1. The number of benzene rings is 3. The van der Waals surface area contributed by atoms with E-state index in [-0.39, 0.29) is 11.2 Å². The number of hydrogen-bond donors (Lipinski definition) is 1. The molecule has 1 unspecified atom stereocenters. The van der Waals surface area contributed by atoms with Crippen LogP contribution in [0.3, 0.4) is 0 Å². The fourth-order valence-corrected chi connectivity index (χ4v) is 3.83. The predicted molar refractivity (Wildman–Crippen MR) is 103 cm³/mol. The van der Waals surface area contributed by atoms with Gasteiger partial charge in [-0.05, 0) is 41.5 Å². The van der Waals surface area contributed by atoms with Crippen LogP contribution in [-0.2, 0) is 4.74 Å². The molecule has 1 atom stereocenters. The molecule has 0 radical (unpaired) electrons. The molecular weight excluding hydrogens is 330 g/mol. The van der Waals surface area contributed by atoms with Crippen LogP contribution in [0.4, 0.5) is 5.69 Å². The van der Waals surface area contributed by atoms with Crippen LogP contribution in [0.1, 0.15) is 26.7 Å². The zero-order valence-corrected chi connectivity index (χ0v) is 14.7. The normalized spacial score (nSPS) is 11.7. The van der Waals surface area contributed by atoms with Crippen molar-refractivity contribution in [2.75, 3.05) is 12.8 Å². The summed E-state index contributed by atoms with van der Waals surface area (Å²) >= 11 is 1.70. The fraction of sp³-hybridized carbons (Fsp3) is 0.0952. The summed E-state index contributed by atoms with van der Waals surface area (Å²) in [6, 6.07) is 25.6. The van der Waals surface area contributed by atoms with Gasteiger partial charge in [0, 0.05) is 10.6 Å². The first-order chi connectivity index (χ1) is 12.2. The SMILES string of the molecule is COC(=O)c1ccc(N)c(C(Sc2ccccc2)c2ccccc2)c1. The van der Waals surface area contributed by atoms with Gasteiger partial charge < -0.3 is 10.5 Å². The number of carbonyl (C=O) groups is 1. The second-order valence-electron chi connectivity index (χ2n) is 5.56. The maximum absolute atomic E-state index is 11.9. The van der Waals surface area contributed by atoms with Gasteiger partial charge in [-0.2, -0.15) is 0 Å². The molecule has 0 aromatic heterocycles. The summed E-state index contributed by atoms with van der Waals surface area (Å²) < 4.78 is 4.85. The van der Waals surface area contributed by atoms with Gasteiger partial charge >= 0.3 is 5.97 Å². The Morgan fingerprint density at radius 3 is 2.24 bits per heavy atom. The Labute approximate surface area is 151 Å². The van der Waals surface area contributed by atoms with E-state index < -0.39 is 0 Å². The van der Waals surface area contributed by atoms with Crippen molar-refractivity contribution in [2.24, 2.45) is 0 Å². The van der Waals surface area contributed by atoms with Crippen molar-refractivity contribution in [1.82, 2.24) is 0 Å². The third-order valence-electron chi connectivity index (χ3n) is 3.89. The topological polar surface area (TPSA) is 52.3 Å². The number of hydrogen-bond acceptors (Lipinski definition) is 4. The van der Waals surface area contributed by atoms with E-state index in [9.17, 15) is 4.79 Å². The van der Waals surface area contributed by atoms with Crippen LogP contribution in [0, 0.1) is 0 Å². The summed E-state index contributed by atoms with van der Waals surface area (Å²) in [5, 5.41) is -0.0202. The molecule has 3 aromatic carbocycles. The van der Waals surface area contributed by atoms with Crippen LogP contribution >= 0.6 is 11.8 Å². The van der Waals surface area contributed by atoms with Crippen molar-refractivity contribution in [1.29, 1.82) is 0 Å². The largest absolute Gasteiger partial charge is 0.465 e. The summed E-state index contributed by atoms with van der Waals surface area (Å²) in [5.74, 6) is -0.363. The van der Waals surface area contributed by atoms with Crippen LogP contribution in [0.2, 0.25) is 0 Å². The van der Waals surface area contributed by atoms with E-state index in [2.05, 4.69) is 24.3 Å². The van der Waals surface area contributed by atoms with Gasteiger partial charge in [0.15, 0.2) is 0 Å². The van der Waals surface area contributed by atoms with Gasteiger partial charge in [-0.1, -0.05) is 48.5 Å². The van der Waals surface area contributed by atoms with E-state index in [1.54, 1.807) is 23.9 Å². The lowest BCUT2D eigenvalue weighted by Gasteiger charge is -2.20. The minimum absolute atomic E-state index is 0.0202. The molecule has 0 spiro atoms. The van der Waals surface area contributed by atoms with E-state index in [0.717, 1.165) is 16.0 Å². The monoisotopic (exact) mass is 349 g/mol. The first-order valence-electron chi connectivity index (χ1n) is 7.93. The number of anilines is 1. The van der Waals surface area contributed by atoms with Gasteiger partial charge in [-0.15, -0.1) is 11.8 Å². The van der Waals surface area contributed by atoms with Crippen molar-refractivity contribution in [3.63, 3.8) is 0 Å². The lowest BCUT2D eigenvalue weighted by Crippen LogP contribution is -2.06. The number of nitrogens with two attached hydrogens (primary N) is 1. The lowest BCUT2D eigenvalue weighted by molar-refractivity contribution is 0.0600. The molecule has 25 heavy (non-hydrogen) atoms. The molecule has 0 bridgehead atoms. The maximum Gasteiger partial charge on any atom is 0.337 e. The summed E-state index contributed by atoms with van der Waals surface area (Å²) in [5.41, 5.74) is 9.45. The number of rotatable bonds is 5. The molecule has 0 aliphatic heterocycles. The molecule has 0 heterocycles. The molecule has 0 saturated carbocycles. The van der Waals surface area contributed by atoms with E-state index in [4.69, 9.17) is 10.5 Å². The first kappa shape index (κ1) is 17.1. The number of ether oxygens (including phenoxy) is 1. The maximum atomic E-state index is 11.9. The second-order valence-corrected chi connectivity index (χ2v) is 6.74. The predicted octanol–water partition coefficient (Wildman–Crippen LogP) is 4.94.